The van der Waals surface area contributed by atoms with Gasteiger partial charge in [-0.2, -0.15) is 0 Å². The van der Waals surface area contributed by atoms with Gasteiger partial charge in [0.05, 0.1) is 0 Å². The summed E-state index contributed by atoms with van der Waals surface area (Å²) in [6.07, 6.45) is 4.15. The molecule has 0 radical (unpaired) electrons. The van der Waals surface area contributed by atoms with Crippen molar-refractivity contribution in [2.24, 2.45) is 46.6 Å². The average molecular weight is 327 g/mol. The second-order valence-corrected chi connectivity index (χ2v) is 7.48. The van der Waals surface area contributed by atoms with Crippen LogP contribution in [0.3, 0.4) is 0 Å². The summed E-state index contributed by atoms with van der Waals surface area (Å²) in [6.45, 7) is 10.0. The van der Waals surface area contributed by atoms with Crippen LogP contribution in [-0.2, 0) is 0 Å². The normalized spacial score (nSPS) is 34.4. The van der Waals surface area contributed by atoms with Crippen molar-refractivity contribution in [1.29, 1.82) is 0 Å². The monoisotopic (exact) mass is 326 g/mol. The molecule has 1 saturated heterocycles. The Morgan fingerprint density at radius 1 is 0.609 bits per heavy atom. The molecular weight excluding hydrogens is 288 g/mol. The minimum Gasteiger partial charge on any atom is -0.330 e. The van der Waals surface area contributed by atoms with Crippen LogP contribution in [-0.4, -0.2) is 75.2 Å². The highest BCUT2D eigenvalue weighted by atomic mass is 15.3. The zero-order chi connectivity index (χ0) is 16.7. The van der Waals surface area contributed by atoms with Crippen molar-refractivity contribution in [3.05, 3.63) is 0 Å². The molecule has 6 heteroatoms. The molecule has 4 atom stereocenters. The van der Waals surface area contributed by atoms with Gasteiger partial charge >= 0.3 is 0 Å². The molecule has 1 heterocycles. The van der Waals surface area contributed by atoms with Crippen LogP contribution in [0, 0.1) is 23.7 Å². The Bertz CT molecular complexity index is 288. The van der Waals surface area contributed by atoms with E-state index < -0.39 is 0 Å². The third-order valence-corrected chi connectivity index (χ3v) is 6.11. The number of hydrogen-bond acceptors (Lipinski definition) is 6. The molecule has 3 aliphatic rings. The maximum absolute atomic E-state index is 5.68. The largest absolute Gasteiger partial charge is 0.330 e. The molecule has 2 bridgehead atoms. The van der Waals surface area contributed by atoms with Gasteiger partial charge < -0.3 is 22.9 Å². The number of rotatable bonds is 6. The summed E-state index contributed by atoms with van der Waals surface area (Å²) in [4.78, 5) is 4.82. The molecule has 0 amide bonds. The molecule has 2 saturated carbocycles. The van der Waals surface area contributed by atoms with Gasteiger partial charge in [-0.15, -0.1) is 0 Å². The van der Waals surface area contributed by atoms with E-state index in [0.717, 1.165) is 89.1 Å². The molecule has 2 aliphatic carbocycles. The van der Waals surface area contributed by atoms with Gasteiger partial charge in [-0.25, -0.2) is 0 Å². The highest BCUT2D eigenvalue weighted by Crippen LogP contribution is 2.50. The van der Waals surface area contributed by atoms with E-state index >= 15 is 0 Å². The van der Waals surface area contributed by atoms with Crippen molar-refractivity contribution in [3.63, 3.8) is 0 Å². The van der Waals surface area contributed by atoms with Crippen LogP contribution < -0.4 is 22.9 Å². The topological polar surface area (TPSA) is 111 Å². The molecule has 3 fully saturated rings. The number of nitrogens with zero attached hydrogens (tertiary/aromatic N) is 2. The van der Waals surface area contributed by atoms with Crippen molar-refractivity contribution in [2.45, 2.75) is 19.3 Å². The van der Waals surface area contributed by atoms with Gasteiger partial charge in [-0.05, 0) is 56.0 Å². The molecule has 6 nitrogen and oxygen atoms in total. The zero-order valence-electron chi connectivity index (χ0n) is 14.7. The van der Waals surface area contributed by atoms with Crippen molar-refractivity contribution in [3.8, 4) is 0 Å². The van der Waals surface area contributed by atoms with Crippen LogP contribution >= 0.6 is 0 Å². The van der Waals surface area contributed by atoms with E-state index in [1.807, 2.05) is 0 Å². The van der Waals surface area contributed by atoms with Crippen molar-refractivity contribution in [1.82, 2.24) is 9.80 Å². The zero-order valence-corrected chi connectivity index (χ0v) is 14.7. The smallest absolute Gasteiger partial charge is 0.0110 e. The van der Waals surface area contributed by atoms with Gasteiger partial charge in [0.2, 0.25) is 0 Å². The lowest BCUT2D eigenvalue weighted by Crippen LogP contribution is -2.48. The molecule has 0 aromatic rings. The fourth-order valence-electron chi connectivity index (χ4n) is 4.69. The van der Waals surface area contributed by atoms with E-state index in [4.69, 9.17) is 22.9 Å². The predicted molar refractivity (Wildman–Crippen MR) is 96.9 cm³/mol. The van der Waals surface area contributed by atoms with E-state index in [2.05, 4.69) is 9.80 Å². The van der Waals surface area contributed by atoms with E-state index in [9.17, 15) is 0 Å². The second kappa shape index (κ2) is 9.91. The van der Waals surface area contributed by atoms with Crippen LogP contribution in [0.2, 0.25) is 0 Å². The van der Waals surface area contributed by atoms with E-state index in [1.165, 1.54) is 19.3 Å². The van der Waals surface area contributed by atoms with Gasteiger partial charge in [0.25, 0.3) is 0 Å². The fourth-order valence-corrected chi connectivity index (χ4v) is 4.69. The lowest BCUT2D eigenvalue weighted by Gasteiger charge is -2.34. The lowest BCUT2D eigenvalue weighted by atomic mass is 9.82. The molecule has 3 rings (SSSR count). The molecule has 8 N–H and O–H groups in total. The molecule has 1 aliphatic heterocycles. The average Bonchev–Trinajstić information content (AvgIpc) is 3.17. The third-order valence-electron chi connectivity index (χ3n) is 6.11. The van der Waals surface area contributed by atoms with Gasteiger partial charge in [0.15, 0.2) is 0 Å². The third kappa shape index (κ3) is 5.37. The molecular formula is C17H38N6. The molecule has 0 spiro atoms. The maximum atomic E-state index is 5.68. The minimum absolute atomic E-state index is 0.775. The predicted octanol–water partition coefficient (Wildman–Crippen LogP) is -0.912. The Balaban J connectivity index is 0.000000167. The van der Waals surface area contributed by atoms with Crippen LogP contribution in [0.25, 0.3) is 0 Å². The first-order chi connectivity index (χ1) is 11.2. The molecule has 0 aromatic heterocycles. The van der Waals surface area contributed by atoms with E-state index in [1.54, 1.807) is 0 Å². The molecule has 0 aromatic carbocycles. The van der Waals surface area contributed by atoms with Crippen LogP contribution in [0.4, 0.5) is 0 Å². The number of nitrogens with two attached hydrogens (primary N) is 4. The Kier molecular flexibility index (Phi) is 8.23. The second-order valence-electron chi connectivity index (χ2n) is 7.48. The molecule has 4 unspecified atom stereocenters. The summed E-state index contributed by atoms with van der Waals surface area (Å²) in [5.74, 6) is 3.53. The van der Waals surface area contributed by atoms with Crippen molar-refractivity contribution in [2.75, 3.05) is 65.4 Å². The SMILES string of the molecule is NCC1CC2CC1CC2CN.NCCN1CCN(CCN)CC1. The summed E-state index contributed by atoms with van der Waals surface area (Å²) < 4.78 is 0. The Morgan fingerprint density at radius 3 is 1.26 bits per heavy atom. The lowest BCUT2D eigenvalue weighted by molar-refractivity contribution is 0.138. The van der Waals surface area contributed by atoms with Gasteiger partial charge in [0.1, 0.15) is 0 Å². The van der Waals surface area contributed by atoms with Crippen LogP contribution in [0.15, 0.2) is 0 Å². The minimum atomic E-state index is 0.775. The molecule has 23 heavy (non-hydrogen) atoms. The quantitative estimate of drug-likeness (QED) is 0.503. The fraction of sp³-hybridized carbons (Fsp3) is 1.00. The van der Waals surface area contributed by atoms with E-state index in [-0.39, 0.29) is 0 Å². The maximum Gasteiger partial charge on any atom is 0.0110 e. The summed E-state index contributed by atoms with van der Waals surface area (Å²) in [7, 11) is 0. The van der Waals surface area contributed by atoms with Gasteiger partial charge in [0, 0.05) is 52.4 Å². The number of fused-ring (bicyclic) bond motifs is 2. The van der Waals surface area contributed by atoms with E-state index in [0.29, 0.717) is 0 Å². The highest BCUT2D eigenvalue weighted by Gasteiger charge is 2.44. The van der Waals surface area contributed by atoms with Crippen LogP contribution in [0.5, 0.6) is 0 Å². The summed E-state index contributed by atoms with van der Waals surface area (Å²) in [5, 5.41) is 0. The summed E-state index contributed by atoms with van der Waals surface area (Å²) in [6, 6.07) is 0. The first kappa shape index (κ1) is 19.1. The number of hydrogen-bond donors (Lipinski definition) is 4. The Hall–Kier alpha value is -0.240. The first-order valence-electron chi connectivity index (χ1n) is 9.46. The molecule has 136 valence electrons. The van der Waals surface area contributed by atoms with Gasteiger partial charge in [-0.3, -0.25) is 9.80 Å². The highest BCUT2D eigenvalue weighted by molar-refractivity contribution is 4.95. The standard InChI is InChI=1S/C9H18N2.C8H20N4/c10-4-8-2-6-1-7(8)3-9(6)5-11;9-1-3-11-5-7-12(4-2-10)8-6-11/h6-9H,1-5,10-11H2;1-10H2. The van der Waals surface area contributed by atoms with Gasteiger partial charge in [-0.1, -0.05) is 0 Å². The Labute approximate surface area is 141 Å². The first-order valence-corrected chi connectivity index (χ1v) is 9.46. The summed E-state index contributed by atoms with van der Waals surface area (Å²) in [5.41, 5.74) is 22.3. The van der Waals surface area contributed by atoms with Crippen molar-refractivity contribution >= 4 is 0 Å². The van der Waals surface area contributed by atoms with Crippen molar-refractivity contribution < 1.29 is 0 Å². The van der Waals surface area contributed by atoms with Crippen LogP contribution in [0.1, 0.15) is 19.3 Å². The Morgan fingerprint density at radius 2 is 1.00 bits per heavy atom. The number of piperazine rings is 1. The summed E-state index contributed by atoms with van der Waals surface area (Å²) >= 11 is 0.